The molecule has 19 heavy (non-hydrogen) atoms. The third-order valence-electron chi connectivity index (χ3n) is 3.45. The highest BCUT2D eigenvalue weighted by atomic mass is 19.1. The summed E-state index contributed by atoms with van der Waals surface area (Å²) >= 11 is 0. The molecule has 0 aromatic heterocycles. The minimum absolute atomic E-state index is 0.215. The van der Waals surface area contributed by atoms with E-state index < -0.39 is 0 Å². The molecule has 1 fully saturated rings. The molecule has 2 unspecified atom stereocenters. The number of rotatable bonds is 2. The van der Waals surface area contributed by atoms with Gasteiger partial charge in [0.1, 0.15) is 11.6 Å². The fraction of sp³-hybridized carbons (Fsp3) is 0.500. The van der Waals surface area contributed by atoms with E-state index in [4.69, 9.17) is 10.5 Å². The van der Waals surface area contributed by atoms with Crippen LogP contribution in [0.5, 0.6) is 5.75 Å². The highest BCUT2D eigenvalue weighted by Gasteiger charge is 2.21. The van der Waals surface area contributed by atoms with Gasteiger partial charge in [-0.25, -0.2) is 4.39 Å². The Balaban J connectivity index is 2.14. The second-order valence-electron chi connectivity index (χ2n) is 5.16. The van der Waals surface area contributed by atoms with Gasteiger partial charge in [0, 0.05) is 0 Å². The molecular weight excluding hydrogens is 241 g/mol. The first-order chi connectivity index (χ1) is 9.19. The van der Waals surface area contributed by atoms with E-state index in [0.29, 0.717) is 17.2 Å². The quantitative estimate of drug-likeness (QED) is 0.830. The highest BCUT2D eigenvalue weighted by molar-refractivity contribution is 5.46. The van der Waals surface area contributed by atoms with Crippen molar-refractivity contribution in [3.8, 4) is 17.6 Å². The van der Waals surface area contributed by atoms with Crippen LogP contribution in [0.25, 0.3) is 0 Å². The molecule has 2 N–H and O–H groups in total. The lowest BCUT2D eigenvalue weighted by atomic mass is 9.88. The molecule has 1 saturated carbocycles. The van der Waals surface area contributed by atoms with Crippen LogP contribution in [-0.2, 0) is 0 Å². The Labute approximate surface area is 114 Å². The Morgan fingerprint density at radius 3 is 3.00 bits per heavy atom. The lowest BCUT2D eigenvalue weighted by molar-refractivity contribution is 0.129. The predicted molar refractivity (Wildman–Crippen MR) is 74.4 cm³/mol. The summed E-state index contributed by atoms with van der Waals surface area (Å²) in [7, 11) is 0. The second-order valence-corrected chi connectivity index (χ2v) is 5.16. The van der Waals surface area contributed by atoms with Gasteiger partial charge in [0.25, 0.3) is 0 Å². The monoisotopic (exact) mass is 261 g/mol. The van der Waals surface area contributed by atoms with E-state index in [-0.39, 0.29) is 18.5 Å². The van der Waals surface area contributed by atoms with E-state index in [0.717, 1.165) is 12.8 Å². The van der Waals surface area contributed by atoms with E-state index in [9.17, 15) is 4.39 Å². The van der Waals surface area contributed by atoms with Crippen LogP contribution in [0.4, 0.5) is 4.39 Å². The van der Waals surface area contributed by atoms with Crippen molar-refractivity contribution >= 4 is 0 Å². The third kappa shape index (κ3) is 3.97. The summed E-state index contributed by atoms with van der Waals surface area (Å²) in [6.07, 6.45) is 4.79. The molecule has 0 saturated heterocycles. The van der Waals surface area contributed by atoms with Gasteiger partial charge in [0.2, 0.25) is 0 Å². The van der Waals surface area contributed by atoms with Crippen molar-refractivity contribution in [2.75, 3.05) is 6.54 Å². The van der Waals surface area contributed by atoms with Crippen molar-refractivity contribution in [2.45, 2.75) is 38.7 Å². The van der Waals surface area contributed by atoms with Crippen LogP contribution >= 0.6 is 0 Å². The fourth-order valence-electron chi connectivity index (χ4n) is 2.51. The molecular formula is C16H20FNO. The minimum Gasteiger partial charge on any atom is -0.489 e. The van der Waals surface area contributed by atoms with Crippen molar-refractivity contribution in [3.05, 3.63) is 29.6 Å². The number of nitrogens with two attached hydrogens (primary N) is 1. The summed E-state index contributed by atoms with van der Waals surface area (Å²) < 4.78 is 19.3. The first-order valence-electron chi connectivity index (χ1n) is 6.84. The van der Waals surface area contributed by atoms with Gasteiger partial charge in [-0.05, 0) is 43.4 Å². The molecule has 1 aliphatic rings. The number of hydrogen-bond donors (Lipinski definition) is 1. The standard InChI is InChI=1S/C16H20FNO/c1-12-4-2-6-15(10-12)19-16-8-7-14(17)11-13(16)5-3-9-18/h7-8,11-12,15H,2,4,6,9-10,18H2,1H3. The van der Waals surface area contributed by atoms with Gasteiger partial charge in [-0.15, -0.1) is 0 Å². The van der Waals surface area contributed by atoms with Crippen LogP contribution in [0.1, 0.15) is 38.2 Å². The van der Waals surface area contributed by atoms with Crippen LogP contribution in [0.3, 0.4) is 0 Å². The molecule has 3 heteroatoms. The maximum Gasteiger partial charge on any atom is 0.135 e. The molecule has 1 aromatic rings. The average Bonchev–Trinajstić information content (AvgIpc) is 2.39. The number of ether oxygens (including phenoxy) is 1. The van der Waals surface area contributed by atoms with Gasteiger partial charge < -0.3 is 10.5 Å². The molecule has 0 radical (unpaired) electrons. The van der Waals surface area contributed by atoms with Crippen LogP contribution in [0.2, 0.25) is 0 Å². The van der Waals surface area contributed by atoms with Crippen LogP contribution in [0.15, 0.2) is 18.2 Å². The Morgan fingerprint density at radius 1 is 1.42 bits per heavy atom. The lowest BCUT2D eigenvalue weighted by Crippen LogP contribution is -2.24. The summed E-state index contributed by atoms with van der Waals surface area (Å²) in [4.78, 5) is 0. The first kappa shape index (κ1) is 13.9. The number of halogens is 1. The summed E-state index contributed by atoms with van der Waals surface area (Å²) in [5.74, 6) is 6.68. The first-order valence-corrected chi connectivity index (χ1v) is 6.84. The van der Waals surface area contributed by atoms with Crippen molar-refractivity contribution in [3.63, 3.8) is 0 Å². The van der Waals surface area contributed by atoms with Crippen molar-refractivity contribution < 1.29 is 9.13 Å². The molecule has 0 aliphatic heterocycles. The van der Waals surface area contributed by atoms with E-state index in [1.54, 1.807) is 6.07 Å². The van der Waals surface area contributed by atoms with Crippen LogP contribution in [0, 0.1) is 23.6 Å². The van der Waals surface area contributed by atoms with Crippen LogP contribution < -0.4 is 10.5 Å². The summed E-state index contributed by atoms with van der Waals surface area (Å²) in [6, 6.07) is 4.48. The van der Waals surface area contributed by atoms with Crippen molar-refractivity contribution in [1.29, 1.82) is 0 Å². The number of benzene rings is 1. The molecule has 0 spiro atoms. The molecule has 1 aromatic carbocycles. The molecule has 1 aliphatic carbocycles. The SMILES string of the molecule is CC1CCCC(Oc2ccc(F)cc2C#CCN)C1. The Morgan fingerprint density at radius 2 is 2.26 bits per heavy atom. The van der Waals surface area contributed by atoms with Crippen molar-refractivity contribution in [2.24, 2.45) is 11.7 Å². The zero-order valence-electron chi connectivity index (χ0n) is 11.3. The minimum atomic E-state index is -0.300. The Bertz CT molecular complexity index is 489. The molecule has 0 bridgehead atoms. The maximum atomic E-state index is 13.3. The van der Waals surface area contributed by atoms with E-state index in [1.165, 1.54) is 25.0 Å². The largest absolute Gasteiger partial charge is 0.489 e. The summed E-state index contributed by atoms with van der Waals surface area (Å²) in [5.41, 5.74) is 5.95. The van der Waals surface area contributed by atoms with Gasteiger partial charge in [-0.2, -0.15) is 0 Å². The maximum absolute atomic E-state index is 13.3. The lowest BCUT2D eigenvalue weighted by Gasteiger charge is -2.27. The summed E-state index contributed by atoms with van der Waals surface area (Å²) in [5, 5.41) is 0. The van der Waals surface area contributed by atoms with Gasteiger partial charge in [-0.3, -0.25) is 0 Å². The zero-order valence-corrected chi connectivity index (χ0v) is 11.3. The fourth-order valence-corrected chi connectivity index (χ4v) is 2.51. The van der Waals surface area contributed by atoms with E-state index in [2.05, 4.69) is 18.8 Å². The normalized spacial score (nSPS) is 22.5. The predicted octanol–water partition coefficient (Wildman–Crippen LogP) is 3.09. The van der Waals surface area contributed by atoms with Gasteiger partial charge in [0.15, 0.2) is 0 Å². The molecule has 0 heterocycles. The molecule has 2 rings (SSSR count). The Hall–Kier alpha value is -1.53. The molecule has 0 amide bonds. The molecule has 102 valence electrons. The smallest absolute Gasteiger partial charge is 0.135 e. The Kier molecular flexibility index (Phi) is 4.81. The topological polar surface area (TPSA) is 35.2 Å². The third-order valence-corrected chi connectivity index (χ3v) is 3.45. The van der Waals surface area contributed by atoms with E-state index >= 15 is 0 Å². The summed E-state index contributed by atoms with van der Waals surface area (Å²) in [6.45, 7) is 2.51. The number of hydrogen-bond acceptors (Lipinski definition) is 2. The zero-order chi connectivity index (χ0) is 13.7. The van der Waals surface area contributed by atoms with Gasteiger partial charge in [0.05, 0.1) is 18.2 Å². The van der Waals surface area contributed by atoms with Gasteiger partial charge >= 0.3 is 0 Å². The molecule has 2 atom stereocenters. The van der Waals surface area contributed by atoms with Gasteiger partial charge in [-0.1, -0.05) is 25.2 Å². The molecule has 2 nitrogen and oxygen atoms in total. The highest BCUT2D eigenvalue weighted by Crippen LogP contribution is 2.29. The van der Waals surface area contributed by atoms with Crippen LogP contribution in [-0.4, -0.2) is 12.6 Å². The second kappa shape index (κ2) is 6.58. The van der Waals surface area contributed by atoms with Crippen molar-refractivity contribution in [1.82, 2.24) is 0 Å². The van der Waals surface area contributed by atoms with E-state index in [1.807, 2.05) is 0 Å². The average molecular weight is 261 g/mol.